The third-order valence-corrected chi connectivity index (χ3v) is 4.28. The van der Waals surface area contributed by atoms with E-state index in [1.54, 1.807) is 0 Å². The smallest absolute Gasteiger partial charge is 0.269 e. The van der Waals surface area contributed by atoms with E-state index in [9.17, 15) is 18.5 Å². The second-order valence-corrected chi connectivity index (χ2v) is 6.06. The summed E-state index contributed by atoms with van der Waals surface area (Å²) in [6.45, 7) is 2.43. The zero-order chi connectivity index (χ0) is 14.6. The van der Waals surface area contributed by atoms with Crippen LogP contribution in [-0.4, -0.2) is 44.5 Å². The van der Waals surface area contributed by atoms with Crippen molar-refractivity contribution in [2.24, 2.45) is 0 Å². The fraction of sp³-hybridized carbons (Fsp3) is 0.333. The molecule has 0 spiro atoms. The first-order valence-electron chi connectivity index (χ1n) is 5.98. The number of ether oxygens (including phenoxy) is 1. The van der Waals surface area contributed by atoms with E-state index in [1.165, 1.54) is 30.5 Å². The van der Waals surface area contributed by atoms with Gasteiger partial charge in [-0.25, -0.2) is 8.42 Å². The molecule has 1 aromatic carbocycles. The molecule has 108 valence electrons. The molecule has 0 atom stereocenters. The first kappa shape index (κ1) is 14.5. The van der Waals surface area contributed by atoms with Crippen LogP contribution >= 0.6 is 0 Å². The molecule has 2 rings (SSSR count). The first-order chi connectivity index (χ1) is 9.49. The summed E-state index contributed by atoms with van der Waals surface area (Å²) in [6, 6.07) is 4.82. The van der Waals surface area contributed by atoms with E-state index in [0.29, 0.717) is 26.3 Å². The van der Waals surface area contributed by atoms with Gasteiger partial charge in [-0.15, -0.1) is 0 Å². The Kier molecular flexibility index (Phi) is 4.35. The maximum absolute atomic E-state index is 12.0. The van der Waals surface area contributed by atoms with Crippen LogP contribution in [-0.2, 0) is 14.6 Å². The molecule has 0 amide bonds. The molecule has 1 aliphatic heterocycles. The fourth-order valence-corrected chi connectivity index (χ4v) is 2.73. The number of benzene rings is 1. The SMILES string of the molecule is O=[N+]([O-])c1ccc(S(=O)(=O)C=CN2CCOCC2)cc1. The molecule has 1 aliphatic rings. The number of non-ortho nitro benzene ring substituents is 1. The molecule has 0 unspecified atom stereocenters. The Morgan fingerprint density at radius 1 is 1.20 bits per heavy atom. The predicted octanol–water partition coefficient (Wildman–Crippen LogP) is 1.17. The van der Waals surface area contributed by atoms with Gasteiger partial charge in [0.15, 0.2) is 0 Å². The van der Waals surface area contributed by atoms with Crippen molar-refractivity contribution < 1.29 is 18.1 Å². The van der Waals surface area contributed by atoms with Crippen molar-refractivity contribution in [2.45, 2.75) is 4.90 Å². The summed E-state index contributed by atoms with van der Waals surface area (Å²) in [4.78, 5) is 11.8. The average Bonchev–Trinajstić information content (AvgIpc) is 2.46. The number of hydrogen-bond donors (Lipinski definition) is 0. The van der Waals surface area contributed by atoms with Crippen LogP contribution in [0.5, 0.6) is 0 Å². The minimum absolute atomic E-state index is 0.0348. The number of hydrogen-bond acceptors (Lipinski definition) is 6. The summed E-state index contributed by atoms with van der Waals surface area (Å²) in [6.07, 6.45) is 1.51. The van der Waals surface area contributed by atoms with Crippen molar-refractivity contribution in [2.75, 3.05) is 26.3 Å². The highest BCUT2D eigenvalue weighted by atomic mass is 32.2. The van der Waals surface area contributed by atoms with E-state index in [4.69, 9.17) is 4.74 Å². The molecule has 1 heterocycles. The van der Waals surface area contributed by atoms with E-state index in [0.717, 1.165) is 5.41 Å². The third kappa shape index (κ3) is 3.55. The molecular formula is C12H14N2O5S. The summed E-state index contributed by atoms with van der Waals surface area (Å²) in [7, 11) is -3.59. The normalized spacial score (nSPS) is 16.5. The van der Waals surface area contributed by atoms with E-state index in [2.05, 4.69) is 0 Å². The number of nitro groups is 1. The van der Waals surface area contributed by atoms with Gasteiger partial charge in [-0.05, 0) is 12.1 Å². The number of rotatable bonds is 4. The van der Waals surface area contributed by atoms with Crippen molar-refractivity contribution in [1.82, 2.24) is 4.90 Å². The van der Waals surface area contributed by atoms with E-state index in [-0.39, 0.29) is 10.6 Å². The Morgan fingerprint density at radius 3 is 2.35 bits per heavy atom. The van der Waals surface area contributed by atoms with Crippen LogP contribution in [0.2, 0.25) is 0 Å². The Labute approximate surface area is 116 Å². The van der Waals surface area contributed by atoms with Crippen LogP contribution < -0.4 is 0 Å². The molecule has 0 aliphatic carbocycles. The molecule has 0 saturated carbocycles. The molecule has 0 bridgehead atoms. The molecule has 7 nitrogen and oxygen atoms in total. The van der Waals surface area contributed by atoms with E-state index >= 15 is 0 Å². The van der Waals surface area contributed by atoms with Crippen LogP contribution in [0.3, 0.4) is 0 Å². The number of sulfone groups is 1. The molecule has 1 aromatic rings. The van der Waals surface area contributed by atoms with Crippen molar-refractivity contribution in [3.63, 3.8) is 0 Å². The van der Waals surface area contributed by atoms with Gasteiger partial charge in [-0.1, -0.05) is 0 Å². The highest BCUT2D eigenvalue weighted by Gasteiger charge is 2.14. The summed E-state index contributed by atoms with van der Waals surface area (Å²) < 4.78 is 29.2. The fourth-order valence-electron chi connectivity index (χ4n) is 1.73. The van der Waals surface area contributed by atoms with Crippen molar-refractivity contribution in [3.8, 4) is 0 Å². The molecule has 0 radical (unpaired) electrons. The average molecular weight is 298 g/mol. The van der Waals surface area contributed by atoms with Gasteiger partial charge in [0.25, 0.3) is 5.69 Å². The second kappa shape index (κ2) is 6.02. The van der Waals surface area contributed by atoms with Crippen molar-refractivity contribution in [1.29, 1.82) is 0 Å². The first-order valence-corrected chi connectivity index (χ1v) is 7.53. The van der Waals surface area contributed by atoms with Crippen LogP contribution in [0, 0.1) is 10.1 Å². The highest BCUT2D eigenvalue weighted by Crippen LogP contribution is 2.17. The molecule has 1 fully saturated rings. The monoisotopic (exact) mass is 298 g/mol. The minimum Gasteiger partial charge on any atom is -0.378 e. The van der Waals surface area contributed by atoms with Crippen LogP contribution in [0.25, 0.3) is 0 Å². The standard InChI is InChI=1S/C12H14N2O5S/c15-14(16)11-1-3-12(4-2-11)20(17,18)10-7-13-5-8-19-9-6-13/h1-4,7,10H,5-6,8-9H2. The lowest BCUT2D eigenvalue weighted by Crippen LogP contribution is -2.32. The lowest BCUT2D eigenvalue weighted by Gasteiger charge is -2.24. The van der Waals surface area contributed by atoms with Crippen LogP contribution in [0.4, 0.5) is 5.69 Å². The van der Waals surface area contributed by atoms with Gasteiger partial charge in [0, 0.05) is 31.4 Å². The third-order valence-electron chi connectivity index (χ3n) is 2.87. The number of nitrogens with zero attached hydrogens (tertiary/aromatic N) is 2. The van der Waals surface area contributed by atoms with Crippen LogP contribution in [0.1, 0.15) is 0 Å². The second-order valence-electron chi connectivity index (χ2n) is 4.23. The summed E-state index contributed by atoms with van der Waals surface area (Å²) >= 11 is 0. The van der Waals surface area contributed by atoms with Crippen molar-refractivity contribution >= 4 is 15.5 Å². The summed E-state index contributed by atoms with van der Waals surface area (Å²) in [5.74, 6) is 0. The molecule has 8 heteroatoms. The molecule has 0 N–H and O–H groups in total. The zero-order valence-corrected chi connectivity index (χ0v) is 11.5. The largest absolute Gasteiger partial charge is 0.378 e. The highest BCUT2D eigenvalue weighted by molar-refractivity contribution is 7.94. The van der Waals surface area contributed by atoms with Crippen LogP contribution in [0.15, 0.2) is 40.8 Å². The topological polar surface area (TPSA) is 89.8 Å². The molecular weight excluding hydrogens is 284 g/mol. The van der Waals surface area contributed by atoms with Gasteiger partial charge in [0.05, 0.1) is 28.4 Å². The Morgan fingerprint density at radius 2 is 1.80 bits per heavy atom. The summed E-state index contributed by atoms with van der Waals surface area (Å²) in [5, 5.41) is 11.6. The van der Waals surface area contributed by atoms with E-state index < -0.39 is 14.8 Å². The van der Waals surface area contributed by atoms with Gasteiger partial charge in [-0.3, -0.25) is 10.1 Å². The van der Waals surface area contributed by atoms with Gasteiger partial charge in [-0.2, -0.15) is 0 Å². The molecule has 1 saturated heterocycles. The van der Waals surface area contributed by atoms with Gasteiger partial charge in [0.2, 0.25) is 9.84 Å². The maximum Gasteiger partial charge on any atom is 0.269 e. The quantitative estimate of drug-likeness (QED) is 0.612. The lowest BCUT2D eigenvalue weighted by molar-refractivity contribution is -0.384. The predicted molar refractivity (Wildman–Crippen MR) is 71.8 cm³/mol. The Hall–Kier alpha value is -1.93. The maximum atomic E-state index is 12.0. The molecule has 0 aromatic heterocycles. The summed E-state index contributed by atoms with van der Waals surface area (Å²) in [5.41, 5.74) is -0.138. The van der Waals surface area contributed by atoms with Gasteiger partial charge < -0.3 is 9.64 Å². The zero-order valence-electron chi connectivity index (χ0n) is 10.6. The van der Waals surface area contributed by atoms with Crippen molar-refractivity contribution in [3.05, 3.63) is 46.0 Å². The van der Waals surface area contributed by atoms with Gasteiger partial charge in [0.1, 0.15) is 0 Å². The number of nitro benzene ring substituents is 1. The lowest BCUT2D eigenvalue weighted by atomic mass is 10.3. The van der Waals surface area contributed by atoms with Gasteiger partial charge >= 0.3 is 0 Å². The Balaban J connectivity index is 2.13. The minimum atomic E-state index is -3.59. The van der Waals surface area contributed by atoms with E-state index in [1.807, 2.05) is 4.90 Å². The number of morpholine rings is 1. The Bertz CT molecular complexity index is 603. The molecule has 20 heavy (non-hydrogen) atoms.